The minimum atomic E-state index is 0.544. The van der Waals surface area contributed by atoms with Gasteiger partial charge in [0.05, 0.1) is 28.6 Å². The standard InChI is InChI=1S/C17H22N4O2S/c1-11-5-6-16(24-11)17-18-15(12(2)23-17)9-21(3)8-13-7-14(10-22-4)20-19-13/h5-7H,8-10H2,1-4H3,(H,19,20). The lowest BCUT2D eigenvalue weighted by Crippen LogP contribution is -2.18. The quantitative estimate of drug-likeness (QED) is 0.709. The van der Waals surface area contributed by atoms with E-state index in [0.29, 0.717) is 19.0 Å². The van der Waals surface area contributed by atoms with E-state index < -0.39 is 0 Å². The summed E-state index contributed by atoms with van der Waals surface area (Å²) in [5, 5.41) is 7.29. The minimum Gasteiger partial charge on any atom is -0.440 e. The third kappa shape index (κ3) is 3.92. The maximum absolute atomic E-state index is 5.84. The molecule has 0 aliphatic carbocycles. The molecule has 0 spiro atoms. The first-order chi connectivity index (χ1) is 11.5. The van der Waals surface area contributed by atoms with Crippen LogP contribution in [0, 0.1) is 13.8 Å². The molecule has 0 amide bonds. The molecule has 3 aromatic heterocycles. The van der Waals surface area contributed by atoms with Crippen molar-refractivity contribution in [2.24, 2.45) is 0 Å². The van der Waals surface area contributed by atoms with Crippen LogP contribution in [0.5, 0.6) is 0 Å². The van der Waals surface area contributed by atoms with Crippen molar-refractivity contribution in [2.45, 2.75) is 33.5 Å². The maximum Gasteiger partial charge on any atom is 0.236 e. The van der Waals surface area contributed by atoms with Crippen LogP contribution in [0.1, 0.15) is 27.7 Å². The first kappa shape index (κ1) is 16.9. The molecular formula is C17H22N4O2S. The fourth-order valence-electron chi connectivity index (χ4n) is 2.54. The van der Waals surface area contributed by atoms with E-state index in [1.54, 1.807) is 18.4 Å². The Hall–Kier alpha value is -1.96. The van der Waals surface area contributed by atoms with Crippen molar-refractivity contribution in [3.8, 4) is 10.8 Å². The third-order valence-corrected chi connectivity index (χ3v) is 4.67. The molecule has 0 bridgehead atoms. The number of methoxy groups -OCH3 is 1. The molecule has 128 valence electrons. The van der Waals surface area contributed by atoms with E-state index in [2.05, 4.69) is 39.1 Å². The fourth-order valence-corrected chi connectivity index (χ4v) is 3.33. The number of aromatic nitrogens is 3. The number of aryl methyl sites for hydroxylation is 2. The highest BCUT2D eigenvalue weighted by atomic mass is 32.1. The van der Waals surface area contributed by atoms with Crippen LogP contribution in [0.3, 0.4) is 0 Å². The number of hydrogen-bond acceptors (Lipinski definition) is 6. The molecule has 3 aromatic rings. The second-order valence-electron chi connectivity index (χ2n) is 5.92. The van der Waals surface area contributed by atoms with Crippen molar-refractivity contribution < 1.29 is 9.15 Å². The summed E-state index contributed by atoms with van der Waals surface area (Å²) in [6.45, 7) is 6.04. The summed E-state index contributed by atoms with van der Waals surface area (Å²) in [6, 6.07) is 6.16. The topological polar surface area (TPSA) is 67.2 Å². The Morgan fingerprint density at radius 3 is 2.83 bits per heavy atom. The summed E-state index contributed by atoms with van der Waals surface area (Å²) in [5.74, 6) is 1.57. The van der Waals surface area contributed by atoms with Gasteiger partial charge < -0.3 is 9.15 Å². The second kappa shape index (κ2) is 7.29. The predicted molar refractivity (Wildman–Crippen MR) is 93.8 cm³/mol. The van der Waals surface area contributed by atoms with Crippen LogP contribution in [0.4, 0.5) is 0 Å². The van der Waals surface area contributed by atoms with Crippen LogP contribution in [0.15, 0.2) is 22.6 Å². The van der Waals surface area contributed by atoms with Gasteiger partial charge in [-0.05, 0) is 39.1 Å². The van der Waals surface area contributed by atoms with Gasteiger partial charge in [0.15, 0.2) is 0 Å². The molecule has 3 rings (SSSR count). The Morgan fingerprint density at radius 1 is 1.29 bits per heavy atom. The van der Waals surface area contributed by atoms with Crippen LogP contribution >= 0.6 is 11.3 Å². The van der Waals surface area contributed by atoms with Gasteiger partial charge in [-0.3, -0.25) is 10.00 Å². The lowest BCUT2D eigenvalue weighted by molar-refractivity contribution is 0.181. The average Bonchev–Trinajstić information content (AvgIpc) is 3.22. The van der Waals surface area contributed by atoms with Crippen molar-refractivity contribution >= 4 is 11.3 Å². The van der Waals surface area contributed by atoms with Gasteiger partial charge in [0.1, 0.15) is 5.76 Å². The Balaban J connectivity index is 1.65. The molecule has 1 N–H and O–H groups in total. The zero-order valence-corrected chi connectivity index (χ0v) is 15.2. The summed E-state index contributed by atoms with van der Waals surface area (Å²) >= 11 is 1.70. The molecule has 0 saturated carbocycles. The summed E-state index contributed by atoms with van der Waals surface area (Å²) in [5.41, 5.74) is 2.93. The molecule has 0 unspecified atom stereocenters. The van der Waals surface area contributed by atoms with Gasteiger partial charge in [-0.2, -0.15) is 5.10 Å². The first-order valence-corrected chi connectivity index (χ1v) is 8.60. The molecule has 3 heterocycles. The molecular weight excluding hydrogens is 324 g/mol. The van der Waals surface area contributed by atoms with E-state index in [0.717, 1.165) is 34.3 Å². The molecule has 6 nitrogen and oxygen atoms in total. The molecule has 7 heteroatoms. The number of H-pyrrole nitrogens is 1. The maximum atomic E-state index is 5.84. The minimum absolute atomic E-state index is 0.544. The van der Waals surface area contributed by atoms with Crippen molar-refractivity contribution in [1.82, 2.24) is 20.1 Å². The van der Waals surface area contributed by atoms with E-state index in [1.165, 1.54) is 4.88 Å². The molecule has 0 aliphatic heterocycles. The lowest BCUT2D eigenvalue weighted by atomic mass is 10.3. The molecule has 0 radical (unpaired) electrons. The number of hydrogen-bond donors (Lipinski definition) is 1. The van der Waals surface area contributed by atoms with Crippen molar-refractivity contribution in [3.63, 3.8) is 0 Å². The number of ether oxygens (including phenoxy) is 1. The van der Waals surface area contributed by atoms with Crippen LogP contribution < -0.4 is 0 Å². The van der Waals surface area contributed by atoms with Crippen LogP contribution in [0.25, 0.3) is 10.8 Å². The van der Waals surface area contributed by atoms with Gasteiger partial charge in [-0.25, -0.2) is 4.98 Å². The van der Waals surface area contributed by atoms with Gasteiger partial charge in [-0.15, -0.1) is 11.3 Å². The largest absolute Gasteiger partial charge is 0.440 e. The Kier molecular flexibility index (Phi) is 5.13. The van der Waals surface area contributed by atoms with Crippen molar-refractivity contribution in [3.05, 3.63) is 45.9 Å². The highest BCUT2D eigenvalue weighted by Crippen LogP contribution is 2.28. The highest BCUT2D eigenvalue weighted by molar-refractivity contribution is 7.15. The van der Waals surface area contributed by atoms with Gasteiger partial charge in [0, 0.05) is 25.1 Å². The number of nitrogens with zero attached hydrogens (tertiary/aromatic N) is 3. The molecule has 24 heavy (non-hydrogen) atoms. The number of rotatable bonds is 7. The molecule has 0 fully saturated rings. The van der Waals surface area contributed by atoms with E-state index in [1.807, 2.05) is 20.0 Å². The summed E-state index contributed by atoms with van der Waals surface area (Å²) < 4.78 is 10.9. The van der Waals surface area contributed by atoms with Gasteiger partial charge in [0.2, 0.25) is 5.89 Å². The lowest BCUT2D eigenvalue weighted by Gasteiger charge is -2.13. The molecule has 0 aliphatic rings. The van der Waals surface area contributed by atoms with Gasteiger partial charge in [0.25, 0.3) is 0 Å². The number of thiophene rings is 1. The van der Waals surface area contributed by atoms with Gasteiger partial charge in [-0.1, -0.05) is 0 Å². The average molecular weight is 346 g/mol. The van der Waals surface area contributed by atoms with Gasteiger partial charge >= 0.3 is 0 Å². The highest BCUT2D eigenvalue weighted by Gasteiger charge is 2.15. The van der Waals surface area contributed by atoms with E-state index >= 15 is 0 Å². The second-order valence-corrected chi connectivity index (χ2v) is 7.21. The normalized spacial score (nSPS) is 11.5. The summed E-state index contributed by atoms with van der Waals surface area (Å²) in [6.07, 6.45) is 0. The fraction of sp³-hybridized carbons (Fsp3) is 0.412. The first-order valence-electron chi connectivity index (χ1n) is 7.79. The van der Waals surface area contributed by atoms with Crippen LogP contribution in [0.2, 0.25) is 0 Å². The monoisotopic (exact) mass is 346 g/mol. The zero-order chi connectivity index (χ0) is 17.1. The molecule has 0 atom stereocenters. The Bertz CT molecular complexity index is 805. The Labute approximate surface area is 145 Å². The molecule has 0 saturated heterocycles. The number of oxazole rings is 1. The number of nitrogens with one attached hydrogen (secondary N) is 1. The SMILES string of the molecule is COCc1cc(CN(C)Cc2nc(-c3ccc(C)s3)oc2C)n[nH]1. The van der Waals surface area contributed by atoms with Crippen molar-refractivity contribution in [1.29, 1.82) is 0 Å². The zero-order valence-electron chi connectivity index (χ0n) is 14.4. The smallest absolute Gasteiger partial charge is 0.236 e. The predicted octanol–water partition coefficient (Wildman–Crippen LogP) is 3.52. The van der Waals surface area contributed by atoms with E-state index in [9.17, 15) is 0 Å². The van der Waals surface area contributed by atoms with Crippen LogP contribution in [-0.4, -0.2) is 34.2 Å². The van der Waals surface area contributed by atoms with Crippen molar-refractivity contribution in [2.75, 3.05) is 14.2 Å². The third-order valence-electron chi connectivity index (χ3n) is 3.68. The molecule has 0 aromatic carbocycles. The van der Waals surface area contributed by atoms with E-state index in [4.69, 9.17) is 9.15 Å². The van der Waals surface area contributed by atoms with E-state index in [-0.39, 0.29) is 0 Å². The number of aromatic amines is 1. The Morgan fingerprint density at radius 2 is 2.12 bits per heavy atom. The van der Waals surface area contributed by atoms with Crippen LogP contribution in [-0.2, 0) is 24.4 Å². The summed E-state index contributed by atoms with van der Waals surface area (Å²) in [4.78, 5) is 9.16. The summed E-state index contributed by atoms with van der Waals surface area (Å²) in [7, 11) is 3.72.